The van der Waals surface area contributed by atoms with Crippen molar-refractivity contribution in [2.75, 3.05) is 38.1 Å². The quantitative estimate of drug-likeness (QED) is 0.895. The van der Waals surface area contributed by atoms with Crippen LogP contribution in [0.5, 0.6) is 5.75 Å². The van der Waals surface area contributed by atoms with Gasteiger partial charge in [0.15, 0.2) is 0 Å². The average molecular weight is 263 g/mol. The summed E-state index contributed by atoms with van der Waals surface area (Å²) in [7, 11) is 2.15. The van der Waals surface area contributed by atoms with Gasteiger partial charge in [-0.05, 0) is 45.2 Å². The number of benzene rings is 1. The van der Waals surface area contributed by atoms with Crippen molar-refractivity contribution in [3.8, 4) is 5.75 Å². The van der Waals surface area contributed by atoms with Gasteiger partial charge in [-0.25, -0.2) is 0 Å². The van der Waals surface area contributed by atoms with E-state index in [2.05, 4.69) is 29.0 Å². The van der Waals surface area contributed by atoms with Crippen molar-refractivity contribution in [1.29, 1.82) is 0 Å². The Hall–Kier alpha value is -1.26. The molecule has 0 bridgehead atoms. The Kier molecular flexibility index (Phi) is 4.66. The first-order valence-electron chi connectivity index (χ1n) is 7.02. The highest BCUT2D eigenvalue weighted by molar-refractivity contribution is 5.50. The predicted molar refractivity (Wildman–Crippen MR) is 79.9 cm³/mol. The Balaban J connectivity index is 2.08. The molecule has 0 aliphatic carbocycles. The lowest BCUT2D eigenvalue weighted by Gasteiger charge is -2.41. The number of nitrogens with zero attached hydrogens (tertiary/aromatic N) is 2. The lowest BCUT2D eigenvalue weighted by atomic mass is 10.1. The molecule has 1 aliphatic heterocycles. The zero-order chi connectivity index (χ0) is 13.8. The van der Waals surface area contributed by atoms with Gasteiger partial charge in [0, 0.05) is 31.9 Å². The van der Waals surface area contributed by atoms with Gasteiger partial charge in [0.25, 0.3) is 0 Å². The third kappa shape index (κ3) is 3.61. The SMILES string of the molecule is CC(C)Oc1ccc(N2CCN(C)CC2CN)cc1. The average Bonchev–Trinajstić information content (AvgIpc) is 2.39. The molecule has 0 amide bonds. The minimum absolute atomic E-state index is 0.214. The normalized spacial score (nSPS) is 20.9. The summed E-state index contributed by atoms with van der Waals surface area (Å²) in [5, 5.41) is 0. The fourth-order valence-corrected chi connectivity index (χ4v) is 2.54. The molecule has 1 saturated heterocycles. The summed E-state index contributed by atoms with van der Waals surface area (Å²) in [4.78, 5) is 4.74. The van der Waals surface area contributed by atoms with Gasteiger partial charge in [-0.15, -0.1) is 0 Å². The topological polar surface area (TPSA) is 41.7 Å². The molecule has 2 rings (SSSR count). The molecule has 4 nitrogen and oxygen atoms in total. The van der Waals surface area contributed by atoms with Crippen molar-refractivity contribution in [1.82, 2.24) is 4.90 Å². The molecular formula is C15H25N3O. The standard InChI is InChI=1S/C15H25N3O/c1-12(2)19-15-6-4-13(5-7-15)18-9-8-17(3)11-14(18)10-16/h4-7,12,14H,8-11,16H2,1-3H3. The first-order chi connectivity index (χ1) is 9.10. The van der Waals surface area contributed by atoms with Crippen LogP contribution in [0.15, 0.2) is 24.3 Å². The van der Waals surface area contributed by atoms with Gasteiger partial charge < -0.3 is 20.3 Å². The smallest absolute Gasteiger partial charge is 0.119 e. The largest absolute Gasteiger partial charge is 0.491 e. The van der Waals surface area contributed by atoms with Crippen molar-refractivity contribution < 1.29 is 4.74 Å². The number of anilines is 1. The van der Waals surface area contributed by atoms with Crippen molar-refractivity contribution >= 4 is 5.69 Å². The van der Waals surface area contributed by atoms with Crippen molar-refractivity contribution in [3.63, 3.8) is 0 Å². The Labute approximate surface area is 116 Å². The van der Waals surface area contributed by atoms with Crippen LogP contribution < -0.4 is 15.4 Å². The van der Waals surface area contributed by atoms with Crippen molar-refractivity contribution in [2.45, 2.75) is 26.0 Å². The molecule has 0 aromatic heterocycles. The summed E-state index contributed by atoms with van der Waals surface area (Å²) in [6, 6.07) is 8.75. The van der Waals surface area contributed by atoms with Crippen LogP contribution in [0, 0.1) is 0 Å². The molecule has 4 heteroatoms. The van der Waals surface area contributed by atoms with Gasteiger partial charge in [-0.2, -0.15) is 0 Å². The lowest BCUT2D eigenvalue weighted by Crippen LogP contribution is -2.55. The number of ether oxygens (including phenoxy) is 1. The molecule has 0 saturated carbocycles. The molecule has 106 valence electrons. The second-order valence-electron chi connectivity index (χ2n) is 5.51. The zero-order valence-corrected chi connectivity index (χ0v) is 12.2. The maximum absolute atomic E-state index is 5.90. The highest BCUT2D eigenvalue weighted by Crippen LogP contribution is 2.23. The molecule has 1 unspecified atom stereocenters. The van der Waals surface area contributed by atoms with E-state index in [4.69, 9.17) is 10.5 Å². The fourth-order valence-electron chi connectivity index (χ4n) is 2.54. The van der Waals surface area contributed by atoms with E-state index in [9.17, 15) is 0 Å². The first-order valence-corrected chi connectivity index (χ1v) is 7.02. The van der Waals surface area contributed by atoms with Crippen LogP contribution >= 0.6 is 0 Å². The molecule has 1 aromatic carbocycles. The molecule has 1 heterocycles. The molecule has 0 radical (unpaired) electrons. The summed E-state index contributed by atoms with van der Waals surface area (Å²) >= 11 is 0. The number of hydrogen-bond acceptors (Lipinski definition) is 4. The van der Waals surface area contributed by atoms with Crippen LogP contribution in [0.1, 0.15) is 13.8 Å². The third-order valence-corrected chi connectivity index (χ3v) is 3.50. The predicted octanol–water partition coefficient (Wildman–Crippen LogP) is 1.55. The van der Waals surface area contributed by atoms with E-state index in [1.54, 1.807) is 0 Å². The maximum atomic E-state index is 5.90. The minimum Gasteiger partial charge on any atom is -0.491 e. The number of nitrogens with two attached hydrogens (primary N) is 1. The van der Waals surface area contributed by atoms with Gasteiger partial charge in [0.2, 0.25) is 0 Å². The molecule has 1 aliphatic rings. The second kappa shape index (κ2) is 6.26. The Morgan fingerprint density at radius 2 is 1.95 bits per heavy atom. The minimum atomic E-state index is 0.214. The molecule has 1 aromatic rings. The van der Waals surface area contributed by atoms with Crippen LogP contribution in [0.4, 0.5) is 5.69 Å². The van der Waals surface area contributed by atoms with E-state index in [0.717, 1.165) is 25.4 Å². The van der Waals surface area contributed by atoms with E-state index in [-0.39, 0.29) is 6.10 Å². The monoisotopic (exact) mass is 263 g/mol. The third-order valence-electron chi connectivity index (χ3n) is 3.50. The van der Waals surface area contributed by atoms with E-state index in [0.29, 0.717) is 12.6 Å². The maximum Gasteiger partial charge on any atom is 0.119 e. The van der Waals surface area contributed by atoms with Crippen LogP contribution in [-0.2, 0) is 0 Å². The van der Waals surface area contributed by atoms with E-state index in [1.165, 1.54) is 5.69 Å². The Bertz CT molecular complexity index is 391. The van der Waals surface area contributed by atoms with E-state index in [1.807, 2.05) is 26.0 Å². The van der Waals surface area contributed by atoms with Crippen LogP contribution in [-0.4, -0.2) is 50.3 Å². The van der Waals surface area contributed by atoms with Gasteiger partial charge in [-0.3, -0.25) is 0 Å². The Morgan fingerprint density at radius 3 is 2.53 bits per heavy atom. The Morgan fingerprint density at radius 1 is 1.26 bits per heavy atom. The summed E-state index contributed by atoms with van der Waals surface area (Å²) in [5.41, 5.74) is 7.13. The number of piperazine rings is 1. The molecule has 1 atom stereocenters. The highest BCUT2D eigenvalue weighted by atomic mass is 16.5. The lowest BCUT2D eigenvalue weighted by molar-refractivity contribution is 0.242. The van der Waals surface area contributed by atoms with Gasteiger partial charge in [0.05, 0.1) is 12.1 Å². The van der Waals surface area contributed by atoms with Crippen molar-refractivity contribution in [3.05, 3.63) is 24.3 Å². The summed E-state index contributed by atoms with van der Waals surface area (Å²) in [6.45, 7) is 7.91. The van der Waals surface area contributed by atoms with Crippen LogP contribution in [0.3, 0.4) is 0 Å². The van der Waals surface area contributed by atoms with Gasteiger partial charge >= 0.3 is 0 Å². The molecular weight excluding hydrogens is 238 g/mol. The molecule has 2 N–H and O–H groups in total. The van der Waals surface area contributed by atoms with E-state index >= 15 is 0 Å². The summed E-state index contributed by atoms with van der Waals surface area (Å²) < 4.78 is 5.68. The highest BCUT2D eigenvalue weighted by Gasteiger charge is 2.24. The number of likely N-dealkylation sites (N-methyl/N-ethyl adjacent to an activating group) is 1. The molecule has 1 fully saturated rings. The van der Waals surface area contributed by atoms with E-state index < -0.39 is 0 Å². The summed E-state index contributed by atoms with van der Waals surface area (Å²) in [6.07, 6.45) is 0.214. The van der Waals surface area contributed by atoms with Gasteiger partial charge in [-0.1, -0.05) is 0 Å². The molecule has 19 heavy (non-hydrogen) atoms. The number of rotatable bonds is 4. The van der Waals surface area contributed by atoms with Gasteiger partial charge in [0.1, 0.15) is 5.75 Å². The fraction of sp³-hybridized carbons (Fsp3) is 0.600. The zero-order valence-electron chi connectivity index (χ0n) is 12.2. The summed E-state index contributed by atoms with van der Waals surface area (Å²) in [5.74, 6) is 0.928. The van der Waals surface area contributed by atoms with Crippen molar-refractivity contribution in [2.24, 2.45) is 5.73 Å². The number of hydrogen-bond donors (Lipinski definition) is 1. The van der Waals surface area contributed by atoms with Crippen LogP contribution in [0.25, 0.3) is 0 Å². The second-order valence-corrected chi connectivity index (χ2v) is 5.51. The molecule has 0 spiro atoms. The first kappa shape index (κ1) is 14.2. The van der Waals surface area contributed by atoms with Crippen LogP contribution in [0.2, 0.25) is 0 Å².